The molecule has 0 aromatic heterocycles. The van der Waals surface area contributed by atoms with Gasteiger partial charge in [0.15, 0.2) is 0 Å². The predicted octanol–water partition coefficient (Wildman–Crippen LogP) is 8.83. The Morgan fingerprint density at radius 1 is 0.581 bits per heavy atom. The van der Waals surface area contributed by atoms with Gasteiger partial charge in [0.05, 0.1) is 5.56 Å². The average Bonchev–Trinajstić information content (AvgIpc) is 2.78. The second-order valence-electron chi connectivity index (χ2n) is 7.33. The largest absolute Gasteiger partial charge is 0.417 e. The summed E-state index contributed by atoms with van der Waals surface area (Å²) in [6.45, 7) is 0. The van der Waals surface area contributed by atoms with Gasteiger partial charge >= 0.3 is 6.18 Å². The third-order valence-corrected chi connectivity index (χ3v) is 6.43. The Morgan fingerprint density at radius 2 is 1.16 bits per heavy atom. The molecule has 0 unspecified atom stereocenters. The van der Waals surface area contributed by atoms with Crippen molar-refractivity contribution in [3.63, 3.8) is 0 Å². The standard InChI is InChI=1S/C27H17F3S/c28-27(29,30)24-17-21-15-19-11-7-8-12-20(19)16-23(21)25(18-9-3-1-4-10-18)26(24)31-22-13-5-2-6-14-22/h1-17H. The van der Waals surface area contributed by atoms with E-state index in [9.17, 15) is 13.2 Å². The van der Waals surface area contributed by atoms with Gasteiger partial charge in [0, 0.05) is 15.4 Å². The maximum Gasteiger partial charge on any atom is 0.417 e. The Labute approximate surface area is 182 Å². The Morgan fingerprint density at radius 3 is 1.81 bits per heavy atom. The molecule has 0 nitrogen and oxygen atoms in total. The Kier molecular flexibility index (Phi) is 4.95. The van der Waals surface area contributed by atoms with Gasteiger partial charge in [-0.15, -0.1) is 0 Å². The van der Waals surface area contributed by atoms with Crippen LogP contribution in [0.25, 0.3) is 32.7 Å². The molecule has 0 spiro atoms. The van der Waals surface area contributed by atoms with Crippen molar-refractivity contribution in [3.8, 4) is 11.1 Å². The number of alkyl halides is 3. The molecule has 5 aromatic carbocycles. The fourth-order valence-electron chi connectivity index (χ4n) is 3.89. The number of benzene rings is 5. The SMILES string of the molecule is FC(F)(F)c1cc2cc3ccccc3cc2c(-c2ccccc2)c1Sc1ccccc1. The first-order chi connectivity index (χ1) is 15.0. The number of hydrogen-bond donors (Lipinski definition) is 0. The van der Waals surface area contributed by atoms with E-state index in [1.54, 1.807) is 0 Å². The number of fused-ring (bicyclic) bond motifs is 2. The molecule has 0 fully saturated rings. The first-order valence-corrected chi connectivity index (χ1v) is 10.7. The summed E-state index contributed by atoms with van der Waals surface area (Å²) in [6.07, 6.45) is -4.47. The van der Waals surface area contributed by atoms with Gasteiger partial charge in [-0.25, -0.2) is 0 Å². The van der Waals surface area contributed by atoms with Crippen molar-refractivity contribution in [1.82, 2.24) is 0 Å². The normalized spacial score (nSPS) is 11.8. The van der Waals surface area contributed by atoms with Crippen molar-refractivity contribution in [2.45, 2.75) is 16.0 Å². The van der Waals surface area contributed by atoms with Gasteiger partial charge in [0.1, 0.15) is 0 Å². The molecule has 0 heterocycles. The monoisotopic (exact) mass is 430 g/mol. The van der Waals surface area contributed by atoms with Crippen LogP contribution < -0.4 is 0 Å². The highest BCUT2D eigenvalue weighted by Crippen LogP contribution is 2.48. The minimum absolute atomic E-state index is 0.229. The number of hydrogen-bond acceptors (Lipinski definition) is 1. The molecule has 0 amide bonds. The zero-order valence-corrected chi connectivity index (χ0v) is 17.2. The van der Waals surface area contributed by atoms with E-state index in [0.717, 1.165) is 38.4 Å². The molecule has 0 radical (unpaired) electrons. The van der Waals surface area contributed by atoms with Crippen LogP contribution >= 0.6 is 11.8 Å². The van der Waals surface area contributed by atoms with Gasteiger partial charge in [-0.05, 0) is 57.4 Å². The average molecular weight is 430 g/mol. The Balaban J connectivity index is 1.91. The van der Waals surface area contributed by atoms with Gasteiger partial charge in [-0.1, -0.05) is 84.6 Å². The summed E-state index contributed by atoms with van der Waals surface area (Å²) in [6, 6.07) is 31.5. The molecule has 5 aromatic rings. The third kappa shape index (κ3) is 3.79. The molecule has 0 aliphatic rings. The molecule has 0 aliphatic carbocycles. The maximum absolute atomic E-state index is 14.3. The van der Waals surface area contributed by atoms with Crippen LogP contribution in [0.3, 0.4) is 0 Å². The van der Waals surface area contributed by atoms with Crippen LogP contribution in [0.4, 0.5) is 13.2 Å². The van der Waals surface area contributed by atoms with Crippen molar-refractivity contribution in [1.29, 1.82) is 0 Å². The fraction of sp³-hybridized carbons (Fsp3) is 0.0370. The molecule has 0 bridgehead atoms. The lowest BCUT2D eigenvalue weighted by Gasteiger charge is -2.20. The van der Waals surface area contributed by atoms with Crippen LogP contribution in [-0.2, 0) is 6.18 Å². The lowest BCUT2D eigenvalue weighted by Crippen LogP contribution is -2.08. The first kappa shape index (κ1) is 19.7. The van der Waals surface area contributed by atoms with Crippen LogP contribution in [0.5, 0.6) is 0 Å². The predicted molar refractivity (Wildman–Crippen MR) is 122 cm³/mol. The van der Waals surface area contributed by atoms with E-state index in [4.69, 9.17) is 0 Å². The highest BCUT2D eigenvalue weighted by Gasteiger charge is 2.36. The second kappa shape index (κ2) is 7.78. The first-order valence-electron chi connectivity index (χ1n) is 9.86. The van der Waals surface area contributed by atoms with Gasteiger partial charge in [-0.2, -0.15) is 13.2 Å². The van der Waals surface area contributed by atoms with Gasteiger partial charge < -0.3 is 0 Å². The smallest absolute Gasteiger partial charge is 0.166 e. The minimum atomic E-state index is -4.47. The molecule has 31 heavy (non-hydrogen) atoms. The van der Waals surface area contributed by atoms with E-state index >= 15 is 0 Å². The highest BCUT2D eigenvalue weighted by molar-refractivity contribution is 7.99. The zero-order valence-electron chi connectivity index (χ0n) is 16.4. The fourth-order valence-corrected chi connectivity index (χ4v) is 5.03. The van der Waals surface area contributed by atoms with Crippen molar-refractivity contribution < 1.29 is 13.2 Å². The number of rotatable bonds is 3. The molecule has 4 heteroatoms. The van der Waals surface area contributed by atoms with Gasteiger partial charge in [0.25, 0.3) is 0 Å². The van der Waals surface area contributed by atoms with Crippen molar-refractivity contribution in [2.24, 2.45) is 0 Å². The molecule has 0 saturated heterocycles. The minimum Gasteiger partial charge on any atom is -0.166 e. The summed E-state index contributed by atoms with van der Waals surface area (Å²) in [4.78, 5) is 0.998. The van der Waals surface area contributed by atoms with E-state index in [0.29, 0.717) is 10.9 Å². The third-order valence-electron chi connectivity index (χ3n) is 5.29. The van der Waals surface area contributed by atoms with Crippen LogP contribution in [0, 0.1) is 0 Å². The van der Waals surface area contributed by atoms with Crippen molar-refractivity contribution in [3.05, 3.63) is 109 Å². The molecule has 0 N–H and O–H groups in total. The van der Waals surface area contributed by atoms with E-state index in [2.05, 4.69) is 0 Å². The Bertz CT molecular complexity index is 1370. The Hall–Kier alpha value is -3.24. The summed E-state index contributed by atoms with van der Waals surface area (Å²) in [5, 5.41) is 3.33. The quantitative estimate of drug-likeness (QED) is 0.258. The van der Waals surface area contributed by atoms with Crippen LogP contribution in [-0.4, -0.2) is 0 Å². The topological polar surface area (TPSA) is 0 Å². The summed E-state index contributed by atoms with van der Waals surface area (Å²) in [7, 11) is 0. The van der Waals surface area contributed by atoms with Crippen LogP contribution in [0.2, 0.25) is 0 Å². The van der Waals surface area contributed by atoms with E-state index < -0.39 is 11.7 Å². The molecule has 0 saturated carbocycles. The molecule has 5 rings (SSSR count). The lowest BCUT2D eigenvalue weighted by atomic mass is 9.93. The molecular weight excluding hydrogens is 413 g/mol. The molecule has 0 atom stereocenters. The molecule has 152 valence electrons. The zero-order chi connectivity index (χ0) is 21.4. The number of halogens is 3. The van der Waals surface area contributed by atoms with Crippen LogP contribution in [0.1, 0.15) is 5.56 Å². The molecular formula is C27H17F3S. The highest BCUT2D eigenvalue weighted by atomic mass is 32.2. The molecule has 0 aliphatic heterocycles. The van der Waals surface area contributed by atoms with E-state index in [1.165, 1.54) is 6.07 Å². The summed E-state index contributed by atoms with van der Waals surface area (Å²) in [5.74, 6) is 0. The van der Waals surface area contributed by atoms with Crippen molar-refractivity contribution >= 4 is 33.3 Å². The lowest BCUT2D eigenvalue weighted by molar-refractivity contribution is -0.139. The summed E-state index contributed by atoms with van der Waals surface area (Å²) < 4.78 is 42.8. The summed E-state index contributed by atoms with van der Waals surface area (Å²) >= 11 is 1.16. The van der Waals surface area contributed by atoms with Gasteiger partial charge in [0.2, 0.25) is 0 Å². The van der Waals surface area contributed by atoms with Gasteiger partial charge in [-0.3, -0.25) is 0 Å². The van der Waals surface area contributed by atoms with Crippen molar-refractivity contribution in [2.75, 3.05) is 0 Å². The summed E-state index contributed by atoms with van der Waals surface area (Å²) in [5.41, 5.74) is 0.778. The maximum atomic E-state index is 14.3. The van der Waals surface area contributed by atoms with E-state index in [1.807, 2.05) is 97.1 Å². The second-order valence-corrected chi connectivity index (χ2v) is 8.41. The van der Waals surface area contributed by atoms with Crippen LogP contribution in [0.15, 0.2) is 113 Å². The van der Waals surface area contributed by atoms with E-state index in [-0.39, 0.29) is 4.90 Å².